The second kappa shape index (κ2) is 9.05. The summed E-state index contributed by atoms with van der Waals surface area (Å²) in [5.41, 5.74) is 2.33. The Bertz CT molecular complexity index is 869. The van der Waals surface area contributed by atoms with Crippen molar-refractivity contribution < 1.29 is 4.39 Å². The van der Waals surface area contributed by atoms with Crippen LogP contribution >= 0.6 is 0 Å². The van der Waals surface area contributed by atoms with Gasteiger partial charge in [-0.1, -0.05) is 6.07 Å². The van der Waals surface area contributed by atoms with E-state index in [1.54, 1.807) is 24.5 Å². The second-order valence-electron chi connectivity index (χ2n) is 6.42. The minimum absolute atomic E-state index is 0.301. The molecule has 0 saturated heterocycles. The van der Waals surface area contributed by atoms with Gasteiger partial charge >= 0.3 is 0 Å². The fraction of sp³-hybridized carbons (Fsp3) is 0.250. The van der Waals surface area contributed by atoms with Gasteiger partial charge in [-0.05, 0) is 57.4 Å². The molecule has 2 N–H and O–H groups in total. The number of benzene rings is 1. The van der Waals surface area contributed by atoms with Gasteiger partial charge in [0.2, 0.25) is 5.95 Å². The smallest absolute Gasteiger partial charge is 0.225 e. The first kappa shape index (κ1) is 18.7. The highest BCUT2D eigenvalue weighted by atomic mass is 19.1. The summed E-state index contributed by atoms with van der Waals surface area (Å²) in [5, 5.41) is 6.42. The van der Waals surface area contributed by atoms with Gasteiger partial charge in [0, 0.05) is 36.3 Å². The summed E-state index contributed by atoms with van der Waals surface area (Å²) < 4.78 is 13.5. The molecule has 140 valence electrons. The highest BCUT2D eigenvalue weighted by molar-refractivity contribution is 5.67. The standard InChI is InChI=1S/C20H23FN6/c1-27(2)12-4-9-23-20-25-18(15-7-10-22-11-8-15)14-19(26-20)24-17-6-3-5-16(21)13-17/h3,5-8,10-11,13-14H,4,9,12H2,1-2H3,(H2,23,24,25,26). The highest BCUT2D eigenvalue weighted by Crippen LogP contribution is 2.23. The molecule has 0 bridgehead atoms. The summed E-state index contributed by atoms with van der Waals surface area (Å²) in [5.74, 6) is 0.824. The third-order valence-corrected chi connectivity index (χ3v) is 3.86. The Hall–Kier alpha value is -3.06. The Morgan fingerprint density at radius 2 is 1.85 bits per heavy atom. The molecule has 0 saturated carbocycles. The van der Waals surface area contributed by atoms with E-state index in [-0.39, 0.29) is 5.82 Å². The minimum Gasteiger partial charge on any atom is -0.354 e. The predicted octanol–water partition coefficient (Wildman–Crippen LogP) is 3.78. The lowest BCUT2D eigenvalue weighted by molar-refractivity contribution is 0.405. The minimum atomic E-state index is -0.301. The summed E-state index contributed by atoms with van der Waals surface area (Å²) in [6, 6.07) is 11.9. The van der Waals surface area contributed by atoms with Gasteiger partial charge in [0.25, 0.3) is 0 Å². The quantitative estimate of drug-likeness (QED) is 0.592. The number of nitrogens with zero attached hydrogens (tertiary/aromatic N) is 4. The molecular weight excluding hydrogens is 343 g/mol. The van der Waals surface area contributed by atoms with E-state index in [4.69, 9.17) is 0 Å². The van der Waals surface area contributed by atoms with E-state index < -0.39 is 0 Å². The van der Waals surface area contributed by atoms with Gasteiger partial charge in [0.1, 0.15) is 11.6 Å². The first-order chi connectivity index (χ1) is 13.1. The third-order valence-electron chi connectivity index (χ3n) is 3.86. The van der Waals surface area contributed by atoms with Crippen LogP contribution in [0, 0.1) is 5.82 Å². The molecule has 2 aromatic heterocycles. The SMILES string of the molecule is CN(C)CCCNc1nc(Nc2cccc(F)c2)cc(-c2ccncc2)n1. The zero-order valence-electron chi connectivity index (χ0n) is 15.5. The Labute approximate surface area is 158 Å². The summed E-state index contributed by atoms with van der Waals surface area (Å²) in [6.07, 6.45) is 4.42. The summed E-state index contributed by atoms with van der Waals surface area (Å²) in [6.45, 7) is 1.74. The number of pyridine rings is 1. The Balaban J connectivity index is 1.83. The van der Waals surface area contributed by atoms with Crippen molar-refractivity contribution in [3.63, 3.8) is 0 Å². The average molecular weight is 366 g/mol. The zero-order valence-corrected chi connectivity index (χ0v) is 15.5. The van der Waals surface area contributed by atoms with Crippen LogP contribution in [0.5, 0.6) is 0 Å². The molecule has 0 atom stereocenters. The van der Waals surface area contributed by atoms with Crippen LogP contribution in [0.15, 0.2) is 54.9 Å². The van der Waals surface area contributed by atoms with Gasteiger partial charge in [-0.2, -0.15) is 4.98 Å². The topological polar surface area (TPSA) is 66.0 Å². The molecule has 0 unspecified atom stereocenters. The lowest BCUT2D eigenvalue weighted by atomic mass is 10.2. The van der Waals surface area contributed by atoms with Crippen LogP contribution in [0.4, 0.5) is 21.8 Å². The van der Waals surface area contributed by atoms with Crippen LogP contribution in [-0.4, -0.2) is 47.0 Å². The van der Waals surface area contributed by atoms with Gasteiger partial charge in [-0.15, -0.1) is 0 Å². The lowest BCUT2D eigenvalue weighted by Gasteiger charge is -2.13. The molecule has 0 aliphatic rings. The van der Waals surface area contributed by atoms with Crippen LogP contribution in [0.3, 0.4) is 0 Å². The molecule has 2 heterocycles. The van der Waals surface area contributed by atoms with Crippen molar-refractivity contribution in [3.8, 4) is 11.3 Å². The Morgan fingerprint density at radius 3 is 2.59 bits per heavy atom. The maximum Gasteiger partial charge on any atom is 0.225 e. The summed E-state index contributed by atoms with van der Waals surface area (Å²) in [7, 11) is 4.09. The van der Waals surface area contributed by atoms with Crippen LogP contribution in [0.2, 0.25) is 0 Å². The van der Waals surface area contributed by atoms with Gasteiger partial charge in [0.15, 0.2) is 0 Å². The van der Waals surface area contributed by atoms with E-state index in [1.165, 1.54) is 12.1 Å². The molecule has 0 amide bonds. The second-order valence-corrected chi connectivity index (χ2v) is 6.42. The molecule has 6 nitrogen and oxygen atoms in total. The number of halogens is 1. The summed E-state index contributed by atoms with van der Waals surface area (Å²) in [4.78, 5) is 15.3. The maximum absolute atomic E-state index is 13.5. The Kier molecular flexibility index (Phi) is 6.27. The molecule has 0 aliphatic heterocycles. The monoisotopic (exact) mass is 366 g/mol. The predicted molar refractivity (Wildman–Crippen MR) is 107 cm³/mol. The summed E-state index contributed by atoms with van der Waals surface area (Å²) >= 11 is 0. The van der Waals surface area contributed by atoms with Crippen molar-refractivity contribution in [2.75, 3.05) is 37.8 Å². The van der Waals surface area contributed by atoms with E-state index in [0.717, 1.165) is 30.8 Å². The van der Waals surface area contributed by atoms with Gasteiger partial charge in [-0.3, -0.25) is 4.98 Å². The average Bonchev–Trinajstić information content (AvgIpc) is 2.66. The molecule has 0 spiro atoms. The van der Waals surface area contributed by atoms with Gasteiger partial charge < -0.3 is 15.5 Å². The third kappa shape index (κ3) is 5.72. The normalized spacial score (nSPS) is 10.8. The van der Waals surface area contributed by atoms with Gasteiger partial charge in [-0.25, -0.2) is 9.37 Å². The van der Waals surface area contributed by atoms with Crippen molar-refractivity contribution in [1.82, 2.24) is 19.9 Å². The van der Waals surface area contributed by atoms with Crippen LogP contribution in [0.1, 0.15) is 6.42 Å². The van der Waals surface area contributed by atoms with E-state index in [0.29, 0.717) is 17.5 Å². The highest BCUT2D eigenvalue weighted by Gasteiger charge is 2.08. The first-order valence-corrected chi connectivity index (χ1v) is 8.81. The molecule has 0 radical (unpaired) electrons. The molecular formula is C20H23FN6. The van der Waals surface area contributed by atoms with Crippen molar-refractivity contribution in [3.05, 3.63) is 60.7 Å². The number of anilines is 3. The molecule has 3 rings (SSSR count). The van der Waals surface area contributed by atoms with Crippen LogP contribution in [0.25, 0.3) is 11.3 Å². The van der Waals surface area contributed by atoms with E-state index >= 15 is 0 Å². The molecule has 0 aliphatic carbocycles. The van der Waals surface area contributed by atoms with E-state index in [2.05, 4.69) is 30.5 Å². The number of aromatic nitrogens is 3. The van der Waals surface area contributed by atoms with Crippen LogP contribution < -0.4 is 10.6 Å². The Morgan fingerprint density at radius 1 is 1.04 bits per heavy atom. The fourth-order valence-electron chi connectivity index (χ4n) is 2.57. The number of nitrogens with one attached hydrogen (secondary N) is 2. The molecule has 0 fully saturated rings. The van der Waals surface area contributed by atoms with Crippen molar-refractivity contribution in [1.29, 1.82) is 0 Å². The van der Waals surface area contributed by atoms with Crippen LogP contribution in [-0.2, 0) is 0 Å². The first-order valence-electron chi connectivity index (χ1n) is 8.81. The molecule has 1 aromatic carbocycles. The van der Waals surface area contributed by atoms with E-state index in [9.17, 15) is 4.39 Å². The van der Waals surface area contributed by atoms with Crippen molar-refractivity contribution in [2.45, 2.75) is 6.42 Å². The van der Waals surface area contributed by atoms with Crippen molar-refractivity contribution >= 4 is 17.5 Å². The zero-order chi connectivity index (χ0) is 19.1. The van der Waals surface area contributed by atoms with Crippen molar-refractivity contribution in [2.24, 2.45) is 0 Å². The lowest BCUT2D eigenvalue weighted by Crippen LogP contribution is -2.17. The maximum atomic E-state index is 13.5. The molecule has 27 heavy (non-hydrogen) atoms. The van der Waals surface area contributed by atoms with E-state index in [1.807, 2.05) is 32.3 Å². The number of rotatable bonds is 8. The fourth-order valence-corrected chi connectivity index (χ4v) is 2.57. The molecule has 3 aromatic rings. The molecule has 7 heteroatoms. The number of hydrogen-bond acceptors (Lipinski definition) is 6. The number of hydrogen-bond donors (Lipinski definition) is 2. The van der Waals surface area contributed by atoms with Gasteiger partial charge in [0.05, 0.1) is 5.69 Å². The largest absolute Gasteiger partial charge is 0.354 e.